The van der Waals surface area contributed by atoms with E-state index in [2.05, 4.69) is 15.3 Å². The maximum absolute atomic E-state index is 12.3. The van der Waals surface area contributed by atoms with Crippen molar-refractivity contribution in [1.82, 2.24) is 19.3 Å². The number of urea groups is 1. The van der Waals surface area contributed by atoms with Gasteiger partial charge in [0.25, 0.3) is 5.56 Å². The highest BCUT2D eigenvalue weighted by molar-refractivity contribution is 5.90. The smallest absolute Gasteiger partial charge is 0.321 e. The number of amides is 2. The number of aromatic nitrogens is 3. The molecule has 1 fully saturated rings. The lowest BCUT2D eigenvalue weighted by molar-refractivity contribution is 0.222. The van der Waals surface area contributed by atoms with E-state index in [4.69, 9.17) is 0 Å². The molecule has 1 aliphatic heterocycles. The maximum atomic E-state index is 12.3. The predicted molar refractivity (Wildman–Crippen MR) is 93.9 cm³/mol. The Balaban J connectivity index is 1.50. The summed E-state index contributed by atoms with van der Waals surface area (Å²) in [5.74, 6) is 0. The van der Waals surface area contributed by atoms with Crippen LogP contribution >= 0.6 is 0 Å². The number of likely N-dealkylation sites (tertiary alicyclic amines) is 1. The molecule has 0 spiro atoms. The first-order chi connectivity index (χ1) is 12.2. The number of benzene rings is 1. The monoisotopic (exact) mass is 335 g/mol. The number of anilines is 1. The molecule has 0 atom stereocenters. The summed E-state index contributed by atoms with van der Waals surface area (Å²) in [6.07, 6.45) is 6.28. The van der Waals surface area contributed by atoms with Crippen molar-refractivity contribution in [2.24, 2.45) is 0 Å². The summed E-state index contributed by atoms with van der Waals surface area (Å²) in [5, 5.41) is 2.98. The van der Waals surface area contributed by atoms with E-state index < -0.39 is 0 Å². The third-order valence-electron chi connectivity index (χ3n) is 5.04. The van der Waals surface area contributed by atoms with Gasteiger partial charge in [-0.2, -0.15) is 0 Å². The normalized spacial score (nSPS) is 15.4. The van der Waals surface area contributed by atoms with Crippen molar-refractivity contribution in [3.05, 3.63) is 52.2 Å². The quantitative estimate of drug-likeness (QED) is 0.559. The van der Waals surface area contributed by atoms with Gasteiger partial charge in [-0.05, 0) is 30.5 Å². The molecule has 25 heavy (non-hydrogen) atoms. The van der Waals surface area contributed by atoms with Gasteiger partial charge >= 0.3 is 6.03 Å². The molecule has 0 radical (unpaired) electrons. The first-order valence-electron chi connectivity index (χ1n) is 8.48. The number of fused-ring (bicyclic) bond motifs is 5. The Hall–Kier alpha value is -3.09. The summed E-state index contributed by atoms with van der Waals surface area (Å²) in [7, 11) is 0. The Kier molecular flexibility index (Phi) is 2.97. The molecule has 0 unspecified atom stereocenters. The molecule has 7 heteroatoms. The number of hydrogen-bond acceptors (Lipinski definition) is 3. The van der Waals surface area contributed by atoms with Crippen LogP contribution in [0.25, 0.3) is 16.9 Å². The van der Waals surface area contributed by atoms with Crippen LogP contribution in [0.2, 0.25) is 0 Å². The van der Waals surface area contributed by atoms with E-state index in [1.165, 1.54) is 0 Å². The summed E-state index contributed by atoms with van der Waals surface area (Å²) in [5.41, 5.74) is 4.95. The van der Waals surface area contributed by atoms with E-state index in [0.717, 1.165) is 54.1 Å². The molecule has 126 valence electrons. The number of carbonyl (C=O) groups excluding carboxylic acids is 1. The van der Waals surface area contributed by atoms with Crippen molar-refractivity contribution >= 4 is 17.4 Å². The van der Waals surface area contributed by atoms with Gasteiger partial charge in [-0.1, -0.05) is 6.07 Å². The zero-order valence-corrected chi connectivity index (χ0v) is 13.6. The van der Waals surface area contributed by atoms with Crippen LogP contribution in [0.15, 0.2) is 35.4 Å². The fourth-order valence-electron chi connectivity index (χ4n) is 3.81. The molecule has 0 saturated carbocycles. The maximum Gasteiger partial charge on any atom is 0.321 e. The number of H-pyrrole nitrogens is 1. The molecule has 0 bridgehead atoms. The summed E-state index contributed by atoms with van der Waals surface area (Å²) < 4.78 is 1.84. The number of carbonyl (C=O) groups is 1. The van der Waals surface area contributed by atoms with E-state index >= 15 is 0 Å². The zero-order valence-electron chi connectivity index (χ0n) is 13.6. The van der Waals surface area contributed by atoms with Gasteiger partial charge in [-0.15, -0.1) is 0 Å². The molecule has 3 heterocycles. The zero-order chi connectivity index (χ0) is 17.0. The van der Waals surface area contributed by atoms with Gasteiger partial charge in [0, 0.05) is 43.2 Å². The summed E-state index contributed by atoms with van der Waals surface area (Å²) in [6, 6.07) is 5.79. The standard InChI is InChI=1S/C18H17N5O2/c24-17-16-19-5-8-23(16)14-10-11-9-12(3-4-13(11)15(14)21-17)20-18(25)22-6-1-2-7-22/h3-5,8-9H,1-2,6-7,10H2,(H,20,25)(H,21,24). The molecule has 2 aromatic heterocycles. The predicted octanol–water partition coefficient (Wildman–Crippen LogP) is 2.22. The van der Waals surface area contributed by atoms with Crippen molar-refractivity contribution in [2.45, 2.75) is 19.3 Å². The first kappa shape index (κ1) is 14.3. The minimum absolute atomic E-state index is 0.0432. The second-order valence-electron chi connectivity index (χ2n) is 6.57. The van der Waals surface area contributed by atoms with Crippen molar-refractivity contribution in [3.8, 4) is 11.3 Å². The Morgan fingerprint density at radius 1 is 1.24 bits per heavy atom. The number of aromatic amines is 1. The number of imidazole rings is 1. The van der Waals surface area contributed by atoms with Crippen LogP contribution in [0.5, 0.6) is 0 Å². The summed E-state index contributed by atoms with van der Waals surface area (Å²) in [6.45, 7) is 1.64. The molecular formula is C18H17N5O2. The van der Waals surface area contributed by atoms with Gasteiger partial charge < -0.3 is 15.2 Å². The lowest BCUT2D eigenvalue weighted by atomic mass is 10.1. The molecule has 2 aliphatic rings. The molecule has 3 aromatic rings. The third kappa shape index (κ3) is 2.15. The number of nitrogens with one attached hydrogen (secondary N) is 2. The van der Waals surface area contributed by atoms with Crippen LogP contribution in [0, 0.1) is 0 Å². The van der Waals surface area contributed by atoms with E-state index in [1.54, 1.807) is 6.20 Å². The Morgan fingerprint density at radius 3 is 2.92 bits per heavy atom. The topological polar surface area (TPSA) is 82.5 Å². The summed E-state index contributed by atoms with van der Waals surface area (Å²) in [4.78, 5) is 33.3. The van der Waals surface area contributed by atoms with Crippen LogP contribution < -0.4 is 10.9 Å². The Labute approximate surface area is 143 Å². The van der Waals surface area contributed by atoms with Crippen LogP contribution in [-0.2, 0) is 6.42 Å². The van der Waals surface area contributed by atoms with Gasteiger partial charge in [0.15, 0.2) is 0 Å². The van der Waals surface area contributed by atoms with Crippen LogP contribution in [0.4, 0.5) is 10.5 Å². The molecular weight excluding hydrogens is 318 g/mol. The van der Waals surface area contributed by atoms with Gasteiger partial charge in [0.05, 0.1) is 11.4 Å². The average Bonchev–Trinajstić information content (AvgIpc) is 3.34. The molecule has 2 amide bonds. The highest BCUT2D eigenvalue weighted by Crippen LogP contribution is 2.36. The van der Waals surface area contributed by atoms with E-state index in [1.807, 2.05) is 33.7 Å². The highest BCUT2D eigenvalue weighted by Gasteiger charge is 2.24. The molecule has 1 aliphatic carbocycles. The fourth-order valence-corrected chi connectivity index (χ4v) is 3.81. The summed E-state index contributed by atoms with van der Waals surface area (Å²) >= 11 is 0. The van der Waals surface area contributed by atoms with Crippen LogP contribution in [0.3, 0.4) is 0 Å². The Bertz CT molecular complexity index is 1060. The first-order valence-corrected chi connectivity index (χ1v) is 8.48. The number of hydrogen-bond donors (Lipinski definition) is 2. The third-order valence-corrected chi connectivity index (χ3v) is 5.04. The lowest BCUT2D eigenvalue weighted by Gasteiger charge is -2.16. The molecule has 5 rings (SSSR count). The van der Waals surface area contributed by atoms with E-state index in [-0.39, 0.29) is 11.6 Å². The van der Waals surface area contributed by atoms with Gasteiger partial charge in [-0.3, -0.25) is 9.20 Å². The highest BCUT2D eigenvalue weighted by atomic mass is 16.2. The molecule has 2 N–H and O–H groups in total. The minimum atomic E-state index is -0.192. The van der Waals surface area contributed by atoms with Crippen molar-refractivity contribution in [2.75, 3.05) is 18.4 Å². The van der Waals surface area contributed by atoms with Crippen LogP contribution in [0.1, 0.15) is 24.1 Å². The largest absolute Gasteiger partial charge is 0.325 e. The Morgan fingerprint density at radius 2 is 2.08 bits per heavy atom. The second-order valence-corrected chi connectivity index (χ2v) is 6.57. The fraction of sp³-hybridized carbons (Fsp3) is 0.278. The number of nitrogens with zero attached hydrogens (tertiary/aromatic N) is 3. The number of rotatable bonds is 1. The van der Waals surface area contributed by atoms with Crippen molar-refractivity contribution in [3.63, 3.8) is 0 Å². The van der Waals surface area contributed by atoms with Crippen molar-refractivity contribution in [1.29, 1.82) is 0 Å². The lowest BCUT2D eigenvalue weighted by Crippen LogP contribution is -2.32. The second kappa shape index (κ2) is 5.20. The molecule has 7 nitrogen and oxygen atoms in total. The van der Waals surface area contributed by atoms with E-state index in [0.29, 0.717) is 12.1 Å². The van der Waals surface area contributed by atoms with Gasteiger partial charge in [0.1, 0.15) is 0 Å². The minimum Gasteiger partial charge on any atom is -0.325 e. The van der Waals surface area contributed by atoms with Crippen molar-refractivity contribution < 1.29 is 4.79 Å². The van der Waals surface area contributed by atoms with Gasteiger partial charge in [-0.25, -0.2) is 9.78 Å². The average molecular weight is 335 g/mol. The van der Waals surface area contributed by atoms with Crippen LogP contribution in [-0.4, -0.2) is 38.4 Å². The molecule has 1 aromatic carbocycles. The van der Waals surface area contributed by atoms with E-state index in [9.17, 15) is 9.59 Å². The molecule has 1 saturated heterocycles. The SMILES string of the molecule is O=C(Nc1ccc2c(c1)Cc1c-2[nH]c(=O)c2nccn12)N1CCCC1. The van der Waals surface area contributed by atoms with Gasteiger partial charge in [0.2, 0.25) is 5.65 Å².